The molecule has 0 aromatic heterocycles. The van der Waals surface area contributed by atoms with Crippen LogP contribution in [0.3, 0.4) is 0 Å². The number of carbonyl (C=O) groups excluding carboxylic acids is 3. The van der Waals surface area contributed by atoms with E-state index in [1.807, 2.05) is 42.5 Å². The summed E-state index contributed by atoms with van der Waals surface area (Å²) < 4.78 is 0. The fraction of sp³-hybridized carbons (Fsp3) is 0.467. The normalized spacial score (nSPS) is 16.1. The van der Waals surface area contributed by atoms with Gasteiger partial charge in [-0.1, -0.05) is 37.1 Å². The molecule has 0 radical (unpaired) electrons. The fourth-order valence-electron chi connectivity index (χ4n) is 5.47. The van der Waals surface area contributed by atoms with Gasteiger partial charge in [-0.2, -0.15) is 0 Å². The van der Waals surface area contributed by atoms with Gasteiger partial charge in [0.1, 0.15) is 0 Å². The van der Waals surface area contributed by atoms with E-state index >= 15 is 0 Å². The number of hydrogen-bond acceptors (Lipinski definition) is 6. The van der Waals surface area contributed by atoms with E-state index in [-0.39, 0.29) is 23.7 Å². The van der Waals surface area contributed by atoms with Crippen LogP contribution in [0.2, 0.25) is 0 Å². The number of nitrogens with one attached hydrogen (secondary N) is 2. The van der Waals surface area contributed by atoms with E-state index in [0.29, 0.717) is 61.0 Å². The van der Waals surface area contributed by atoms with E-state index in [1.54, 1.807) is 11.0 Å². The molecule has 2 aromatic rings. The number of guanidine groups is 1. The fourth-order valence-corrected chi connectivity index (χ4v) is 5.47. The molecule has 1 fully saturated rings. The van der Waals surface area contributed by atoms with Crippen LogP contribution in [0.5, 0.6) is 0 Å². The van der Waals surface area contributed by atoms with Crippen molar-refractivity contribution in [2.75, 3.05) is 42.9 Å². The minimum absolute atomic E-state index is 0.0452. The first-order valence-electron chi connectivity index (χ1n) is 14.5. The van der Waals surface area contributed by atoms with E-state index in [0.717, 1.165) is 45.2 Å². The van der Waals surface area contributed by atoms with Gasteiger partial charge in [-0.15, -0.1) is 0 Å². The largest absolute Gasteiger partial charge is 0.370 e. The van der Waals surface area contributed by atoms with Crippen molar-refractivity contribution in [1.82, 2.24) is 10.2 Å². The Kier molecular flexibility index (Phi) is 10.7. The Morgan fingerprint density at radius 2 is 1.71 bits per heavy atom. The lowest BCUT2D eigenvalue weighted by atomic mass is 9.91. The number of nitrogens with two attached hydrogens (primary N) is 3. The topological polar surface area (TPSA) is 172 Å². The molecule has 8 N–H and O–H groups in total. The van der Waals surface area contributed by atoms with Crippen LogP contribution < -0.4 is 32.7 Å². The second-order valence-electron chi connectivity index (χ2n) is 10.8. The molecule has 0 aliphatic carbocycles. The summed E-state index contributed by atoms with van der Waals surface area (Å²) >= 11 is 0. The third kappa shape index (κ3) is 8.27. The Hall–Kier alpha value is -3.96. The molecule has 2 aliphatic heterocycles. The number of likely N-dealkylation sites (tertiary alicyclic amines) is 1. The second kappa shape index (κ2) is 14.6. The molecule has 11 heteroatoms. The van der Waals surface area contributed by atoms with E-state index in [1.165, 1.54) is 0 Å². The predicted molar refractivity (Wildman–Crippen MR) is 162 cm³/mol. The molecule has 41 heavy (non-hydrogen) atoms. The van der Waals surface area contributed by atoms with Gasteiger partial charge >= 0.3 is 0 Å². The van der Waals surface area contributed by atoms with Crippen molar-refractivity contribution < 1.29 is 14.4 Å². The number of unbranched alkanes of at least 4 members (excludes halogenated alkanes) is 1. The summed E-state index contributed by atoms with van der Waals surface area (Å²) in [4.78, 5) is 46.4. The average Bonchev–Trinajstić information content (AvgIpc) is 3.09. The Morgan fingerprint density at radius 1 is 1.00 bits per heavy atom. The number of carbonyl (C=O) groups is 3. The number of amides is 3. The summed E-state index contributed by atoms with van der Waals surface area (Å²) in [5, 5.41) is 5.86. The third-order valence-corrected chi connectivity index (χ3v) is 7.74. The summed E-state index contributed by atoms with van der Waals surface area (Å²) in [6.45, 7) is 3.09. The Morgan fingerprint density at radius 3 is 2.46 bits per heavy atom. The summed E-state index contributed by atoms with van der Waals surface area (Å²) in [7, 11) is 0. The zero-order valence-corrected chi connectivity index (χ0v) is 23.6. The number of hydrogen-bond donors (Lipinski definition) is 5. The first kappa shape index (κ1) is 30.0. The molecule has 4 rings (SSSR count). The Balaban J connectivity index is 1.19. The molecular weight excluding hydrogens is 520 g/mol. The SMILES string of the molecule is NC(N)=NCCC[C@H](N)C(=O)NCCCCC1CCN(CC(=O)N2c3ccccc3NC(=O)c3ccccc32)CC1. The highest BCUT2D eigenvalue weighted by Gasteiger charge is 2.30. The van der Waals surface area contributed by atoms with Gasteiger partial charge in [0.25, 0.3) is 5.91 Å². The Bertz CT molecular complexity index is 1240. The van der Waals surface area contributed by atoms with Crippen LogP contribution in [0.4, 0.5) is 17.1 Å². The number of fused-ring (bicyclic) bond motifs is 2. The zero-order valence-electron chi connectivity index (χ0n) is 23.6. The first-order chi connectivity index (χ1) is 19.8. The number of aliphatic imine (C=N–C) groups is 1. The number of rotatable bonds is 12. The maximum atomic E-state index is 13.7. The molecule has 0 saturated carbocycles. The van der Waals surface area contributed by atoms with Crippen molar-refractivity contribution in [2.45, 2.75) is 51.0 Å². The average molecular weight is 563 g/mol. The van der Waals surface area contributed by atoms with Crippen LogP contribution in [-0.2, 0) is 9.59 Å². The number of para-hydroxylation sites is 3. The van der Waals surface area contributed by atoms with Gasteiger partial charge in [-0.05, 0) is 75.4 Å². The van der Waals surface area contributed by atoms with E-state index in [2.05, 4.69) is 20.5 Å². The van der Waals surface area contributed by atoms with Gasteiger partial charge in [-0.3, -0.25) is 29.2 Å². The van der Waals surface area contributed by atoms with Gasteiger partial charge in [0.2, 0.25) is 11.8 Å². The molecule has 11 nitrogen and oxygen atoms in total. The van der Waals surface area contributed by atoms with E-state index < -0.39 is 6.04 Å². The summed E-state index contributed by atoms with van der Waals surface area (Å²) in [5.74, 6) is 0.249. The number of piperidine rings is 1. The van der Waals surface area contributed by atoms with Crippen molar-refractivity contribution in [1.29, 1.82) is 0 Å². The third-order valence-electron chi connectivity index (χ3n) is 7.74. The molecule has 0 bridgehead atoms. The van der Waals surface area contributed by atoms with Crippen molar-refractivity contribution in [3.05, 3.63) is 54.1 Å². The summed E-state index contributed by atoms with van der Waals surface area (Å²) in [6, 6.07) is 14.1. The minimum atomic E-state index is -0.552. The molecule has 220 valence electrons. The molecule has 1 saturated heterocycles. The molecule has 2 heterocycles. The Labute approximate surface area is 241 Å². The lowest BCUT2D eigenvalue weighted by Crippen LogP contribution is -2.42. The highest BCUT2D eigenvalue weighted by molar-refractivity contribution is 6.17. The van der Waals surface area contributed by atoms with Crippen molar-refractivity contribution in [3.63, 3.8) is 0 Å². The van der Waals surface area contributed by atoms with Gasteiger partial charge < -0.3 is 27.8 Å². The molecule has 2 aliphatic rings. The zero-order chi connectivity index (χ0) is 29.2. The maximum absolute atomic E-state index is 13.7. The van der Waals surface area contributed by atoms with Crippen LogP contribution in [0.15, 0.2) is 53.5 Å². The molecule has 1 atom stereocenters. The van der Waals surface area contributed by atoms with Crippen LogP contribution in [0.25, 0.3) is 0 Å². The molecule has 2 aromatic carbocycles. The van der Waals surface area contributed by atoms with Crippen LogP contribution in [0.1, 0.15) is 55.3 Å². The highest BCUT2D eigenvalue weighted by atomic mass is 16.2. The lowest BCUT2D eigenvalue weighted by molar-refractivity contribution is -0.122. The van der Waals surface area contributed by atoms with Crippen LogP contribution in [-0.4, -0.2) is 67.3 Å². The van der Waals surface area contributed by atoms with Gasteiger partial charge in [0.05, 0.1) is 35.2 Å². The molecular formula is C30H42N8O3. The standard InChI is InChI=1S/C30H42N8O3/c31-23(10-7-17-35-30(32)33)29(41)34-16-6-5-8-21-14-18-37(19-15-21)20-27(39)38-25-12-3-1-9-22(25)28(40)36-24-11-2-4-13-26(24)38/h1-4,9,11-13,21,23H,5-8,10,14-20,31H2,(H,34,41)(H,36,40)(H4,32,33,35)/t23-/m0/s1. The number of nitrogens with zero attached hydrogens (tertiary/aromatic N) is 3. The maximum Gasteiger partial charge on any atom is 0.257 e. The van der Waals surface area contributed by atoms with Crippen LogP contribution in [0, 0.1) is 5.92 Å². The highest BCUT2D eigenvalue weighted by Crippen LogP contribution is 2.38. The van der Waals surface area contributed by atoms with E-state index in [4.69, 9.17) is 17.2 Å². The second-order valence-corrected chi connectivity index (χ2v) is 10.8. The molecule has 3 amide bonds. The van der Waals surface area contributed by atoms with Crippen molar-refractivity contribution in [3.8, 4) is 0 Å². The van der Waals surface area contributed by atoms with E-state index in [9.17, 15) is 14.4 Å². The van der Waals surface area contributed by atoms with Crippen molar-refractivity contribution in [2.24, 2.45) is 28.1 Å². The summed E-state index contributed by atoms with van der Waals surface area (Å²) in [5.41, 5.74) is 18.9. The quantitative estimate of drug-likeness (QED) is 0.150. The minimum Gasteiger partial charge on any atom is -0.370 e. The number of anilines is 3. The molecule has 0 spiro atoms. The summed E-state index contributed by atoms with van der Waals surface area (Å²) in [6.07, 6.45) is 6.31. The smallest absolute Gasteiger partial charge is 0.257 e. The van der Waals surface area contributed by atoms with Crippen molar-refractivity contribution >= 4 is 40.7 Å². The predicted octanol–water partition coefficient (Wildman–Crippen LogP) is 2.30. The van der Waals surface area contributed by atoms with Gasteiger partial charge in [0, 0.05) is 13.1 Å². The molecule has 0 unspecified atom stereocenters. The van der Waals surface area contributed by atoms with Gasteiger partial charge in [0.15, 0.2) is 5.96 Å². The number of benzene rings is 2. The van der Waals surface area contributed by atoms with Gasteiger partial charge in [-0.25, -0.2) is 0 Å². The lowest BCUT2D eigenvalue weighted by Gasteiger charge is -2.33. The monoisotopic (exact) mass is 562 g/mol. The first-order valence-corrected chi connectivity index (χ1v) is 14.5. The van der Waals surface area contributed by atoms with Crippen LogP contribution >= 0.6 is 0 Å².